The summed E-state index contributed by atoms with van der Waals surface area (Å²) in [6, 6.07) is 18.8. The topological polar surface area (TPSA) is 104 Å². The van der Waals surface area contributed by atoms with Gasteiger partial charge in [-0.3, -0.25) is 14.5 Å². The van der Waals surface area contributed by atoms with Gasteiger partial charge in [0.2, 0.25) is 11.8 Å². The zero-order chi connectivity index (χ0) is 19.1. The first kappa shape index (κ1) is 19.3. The Bertz CT molecular complexity index is 1210. The van der Waals surface area contributed by atoms with Crippen LogP contribution in [0.15, 0.2) is 60.7 Å². The second kappa shape index (κ2) is 7.75. The van der Waals surface area contributed by atoms with Crippen LogP contribution in [0.2, 0.25) is 0 Å². The summed E-state index contributed by atoms with van der Waals surface area (Å²) in [6.45, 7) is 0. The Labute approximate surface area is 187 Å². The summed E-state index contributed by atoms with van der Waals surface area (Å²) in [5, 5.41) is 18.5. The first-order valence-electron chi connectivity index (χ1n) is 8.69. The van der Waals surface area contributed by atoms with Gasteiger partial charge in [0.1, 0.15) is 6.42 Å². The van der Waals surface area contributed by atoms with Gasteiger partial charge in [0, 0.05) is 46.2 Å². The standard InChI is InChI=1S/C20H14N6O2.Na/c27-17-11-18(28)26(14-8-5-13(6-9-14)20-22-24-25-23-20)16-10-7-12-3-1-2-4-15(12)19(16)21-17;/h1-10H,11H2,(H,21,27)(H,22,23,24,25);. The molecule has 2 N–H and O–H groups in total. The van der Waals surface area contributed by atoms with Crippen molar-refractivity contribution < 1.29 is 9.59 Å². The summed E-state index contributed by atoms with van der Waals surface area (Å²) < 4.78 is 0. The van der Waals surface area contributed by atoms with Crippen LogP contribution < -0.4 is 10.2 Å². The van der Waals surface area contributed by atoms with Crippen molar-refractivity contribution in [2.75, 3.05) is 10.2 Å². The molecule has 2 heterocycles. The average Bonchev–Trinajstić information content (AvgIpc) is 3.21. The molecule has 0 aliphatic carbocycles. The minimum absolute atomic E-state index is 0. The molecule has 0 saturated carbocycles. The monoisotopic (exact) mass is 393 g/mol. The number of hydrogen-bond donors (Lipinski definition) is 2. The number of rotatable bonds is 2. The number of aromatic nitrogens is 4. The van der Waals surface area contributed by atoms with Crippen LogP contribution in [-0.2, 0) is 9.59 Å². The van der Waals surface area contributed by atoms with Crippen LogP contribution in [0.25, 0.3) is 22.2 Å². The molecular formula is C20H14N6NaO2. The van der Waals surface area contributed by atoms with Crippen LogP contribution >= 0.6 is 0 Å². The fraction of sp³-hybridized carbons (Fsp3) is 0.0500. The number of benzene rings is 3. The fourth-order valence-electron chi connectivity index (χ4n) is 3.45. The van der Waals surface area contributed by atoms with E-state index in [1.54, 1.807) is 4.90 Å². The van der Waals surface area contributed by atoms with E-state index in [1.165, 1.54) is 0 Å². The molecule has 1 aliphatic heterocycles. The predicted octanol–water partition coefficient (Wildman–Crippen LogP) is 2.65. The molecule has 4 aromatic rings. The molecule has 1 radical (unpaired) electrons. The summed E-state index contributed by atoms with van der Waals surface area (Å²) in [7, 11) is 0. The molecule has 0 spiro atoms. The van der Waals surface area contributed by atoms with E-state index in [2.05, 4.69) is 25.9 Å². The summed E-state index contributed by atoms with van der Waals surface area (Å²) in [5.41, 5.74) is 2.74. The summed E-state index contributed by atoms with van der Waals surface area (Å²) >= 11 is 0. The normalized spacial score (nSPS) is 13.4. The van der Waals surface area contributed by atoms with E-state index in [0.717, 1.165) is 16.3 Å². The molecule has 0 unspecified atom stereocenters. The Morgan fingerprint density at radius 2 is 1.72 bits per heavy atom. The van der Waals surface area contributed by atoms with Gasteiger partial charge >= 0.3 is 0 Å². The Morgan fingerprint density at radius 1 is 0.931 bits per heavy atom. The molecule has 3 aromatic carbocycles. The van der Waals surface area contributed by atoms with Crippen LogP contribution in [0.1, 0.15) is 6.42 Å². The van der Waals surface area contributed by atoms with Gasteiger partial charge in [-0.25, -0.2) is 5.10 Å². The van der Waals surface area contributed by atoms with Gasteiger partial charge in [-0.1, -0.05) is 30.3 Å². The van der Waals surface area contributed by atoms with E-state index in [0.29, 0.717) is 22.9 Å². The molecule has 29 heavy (non-hydrogen) atoms. The Balaban J connectivity index is 0.00000205. The molecule has 0 bridgehead atoms. The number of carbonyl (C=O) groups is 2. The van der Waals surface area contributed by atoms with E-state index in [1.807, 2.05) is 60.7 Å². The number of fused-ring (bicyclic) bond motifs is 3. The van der Waals surface area contributed by atoms with Gasteiger partial charge < -0.3 is 5.32 Å². The van der Waals surface area contributed by atoms with Crippen LogP contribution in [-0.4, -0.2) is 62.0 Å². The van der Waals surface area contributed by atoms with Gasteiger partial charge in [0.05, 0.1) is 11.4 Å². The molecule has 0 atom stereocenters. The largest absolute Gasteiger partial charge is 0.323 e. The summed E-state index contributed by atoms with van der Waals surface area (Å²) in [4.78, 5) is 26.7. The number of hydrogen-bond acceptors (Lipinski definition) is 5. The van der Waals surface area contributed by atoms with Crippen LogP contribution in [0.5, 0.6) is 0 Å². The van der Waals surface area contributed by atoms with Crippen molar-refractivity contribution in [2.24, 2.45) is 0 Å². The van der Waals surface area contributed by atoms with Gasteiger partial charge in [-0.15, -0.1) is 5.10 Å². The van der Waals surface area contributed by atoms with Gasteiger partial charge in [0.15, 0.2) is 5.82 Å². The SMILES string of the molecule is O=C1CC(=O)N(c2ccc(-c3nnn[nH]3)cc2)c2ccc3ccccc3c2N1.[Na]. The van der Waals surface area contributed by atoms with Crippen molar-refractivity contribution in [2.45, 2.75) is 6.42 Å². The third-order valence-electron chi connectivity index (χ3n) is 4.72. The Hall–Kier alpha value is -3.07. The van der Waals surface area contributed by atoms with Crippen LogP contribution in [0, 0.1) is 0 Å². The van der Waals surface area contributed by atoms with Crippen molar-refractivity contribution in [1.29, 1.82) is 0 Å². The van der Waals surface area contributed by atoms with Crippen molar-refractivity contribution >= 4 is 69.2 Å². The smallest absolute Gasteiger partial charge is 0.241 e. The molecule has 9 heteroatoms. The maximum atomic E-state index is 12.9. The van der Waals surface area contributed by atoms with Gasteiger partial charge in [-0.2, -0.15) is 0 Å². The second-order valence-electron chi connectivity index (χ2n) is 6.43. The quantitative estimate of drug-likeness (QED) is 0.403. The number of aromatic amines is 1. The number of nitrogens with one attached hydrogen (secondary N) is 2. The molecule has 5 rings (SSSR count). The number of carbonyl (C=O) groups excluding carboxylic acids is 2. The summed E-state index contributed by atoms with van der Waals surface area (Å²) in [6.07, 6.45) is -0.225. The zero-order valence-corrected chi connectivity index (χ0v) is 17.6. The zero-order valence-electron chi connectivity index (χ0n) is 15.6. The maximum absolute atomic E-state index is 12.9. The Morgan fingerprint density at radius 3 is 2.48 bits per heavy atom. The second-order valence-corrected chi connectivity index (χ2v) is 6.43. The molecular weight excluding hydrogens is 379 g/mol. The van der Waals surface area contributed by atoms with E-state index in [-0.39, 0.29) is 47.8 Å². The first-order valence-corrected chi connectivity index (χ1v) is 8.69. The van der Waals surface area contributed by atoms with E-state index in [9.17, 15) is 9.59 Å². The Kier molecular flexibility index (Phi) is 5.14. The van der Waals surface area contributed by atoms with E-state index < -0.39 is 0 Å². The number of H-pyrrole nitrogens is 1. The number of amides is 2. The van der Waals surface area contributed by atoms with Crippen LogP contribution in [0.4, 0.5) is 17.1 Å². The van der Waals surface area contributed by atoms with Crippen LogP contribution in [0.3, 0.4) is 0 Å². The molecule has 1 aliphatic rings. The first-order chi connectivity index (χ1) is 13.7. The van der Waals surface area contributed by atoms with Gasteiger partial charge in [0.25, 0.3) is 0 Å². The van der Waals surface area contributed by atoms with Crippen molar-refractivity contribution in [3.05, 3.63) is 60.7 Å². The summed E-state index contributed by atoms with van der Waals surface area (Å²) in [5.74, 6) is -0.0768. The molecule has 1 aromatic heterocycles. The van der Waals surface area contributed by atoms with Crippen molar-refractivity contribution in [3.63, 3.8) is 0 Å². The van der Waals surface area contributed by atoms with Gasteiger partial charge in [-0.05, 0) is 46.1 Å². The molecule has 0 fully saturated rings. The maximum Gasteiger partial charge on any atom is 0.241 e. The minimum atomic E-state index is -0.325. The van der Waals surface area contributed by atoms with Crippen molar-refractivity contribution in [3.8, 4) is 11.4 Å². The minimum Gasteiger partial charge on any atom is -0.323 e. The third-order valence-corrected chi connectivity index (χ3v) is 4.72. The fourth-order valence-corrected chi connectivity index (χ4v) is 3.45. The molecule has 137 valence electrons. The number of tetrazole rings is 1. The number of anilines is 3. The van der Waals surface area contributed by atoms with E-state index >= 15 is 0 Å². The van der Waals surface area contributed by atoms with E-state index in [4.69, 9.17) is 0 Å². The third kappa shape index (κ3) is 3.42. The van der Waals surface area contributed by atoms with Crippen molar-refractivity contribution in [1.82, 2.24) is 20.6 Å². The molecule has 0 saturated heterocycles. The molecule has 2 amide bonds. The molecule has 8 nitrogen and oxygen atoms in total. The predicted molar refractivity (Wildman–Crippen MR) is 110 cm³/mol. The average molecular weight is 393 g/mol. The number of nitrogens with zero attached hydrogens (tertiary/aromatic N) is 4.